The van der Waals surface area contributed by atoms with Crippen LogP contribution in [0, 0.1) is 11.3 Å². The summed E-state index contributed by atoms with van der Waals surface area (Å²) in [5.41, 5.74) is 2.89. The third-order valence-electron chi connectivity index (χ3n) is 5.52. The summed E-state index contributed by atoms with van der Waals surface area (Å²) in [6, 6.07) is 7.94. The van der Waals surface area contributed by atoms with Crippen LogP contribution in [0.15, 0.2) is 30.6 Å². The van der Waals surface area contributed by atoms with E-state index >= 15 is 0 Å². The van der Waals surface area contributed by atoms with Gasteiger partial charge in [0.1, 0.15) is 6.07 Å². The molecular formula is C21H22N6O2. The fraction of sp³-hybridized carbons (Fsp3) is 0.333. The number of methoxy groups -OCH3 is 1. The van der Waals surface area contributed by atoms with Gasteiger partial charge in [-0.2, -0.15) is 5.26 Å². The van der Waals surface area contributed by atoms with Gasteiger partial charge in [-0.3, -0.25) is 4.79 Å². The molecule has 0 saturated carbocycles. The number of para-hydroxylation sites is 1. The van der Waals surface area contributed by atoms with E-state index in [9.17, 15) is 10.1 Å². The van der Waals surface area contributed by atoms with E-state index in [-0.39, 0.29) is 11.9 Å². The monoisotopic (exact) mass is 390 g/mol. The molecular weight excluding hydrogens is 368 g/mol. The number of hydrogen-bond acceptors (Lipinski definition) is 6. The Labute approximate surface area is 168 Å². The van der Waals surface area contributed by atoms with Gasteiger partial charge in [-0.05, 0) is 12.5 Å². The summed E-state index contributed by atoms with van der Waals surface area (Å²) < 4.78 is 5.54. The van der Waals surface area contributed by atoms with Crippen LogP contribution < -0.4 is 9.64 Å². The highest BCUT2D eigenvalue weighted by atomic mass is 16.5. The van der Waals surface area contributed by atoms with Crippen LogP contribution in [0.4, 0.5) is 5.82 Å². The number of anilines is 1. The van der Waals surface area contributed by atoms with Gasteiger partial charge in [0.05, 0.1) is 30.1 Å². The Balaban J connectivity index is 1.68. The molecule has 1 saturated heterocycles. The quantitative estimate of drug-likeness (QED) is 0.735. The highest BCUT2D eigenvalue weighted by Gasteiger charge is 2.29. The van der Waals surface area contributed by atoms with Gasteiger partial charge in [-0.25, -0.2) is 9.97 Å². The van der Waals surface area contributed by atoms with Crippen molar-refractivity contribution in [3.8, 4) is 23.2 Å². The third-order valence-corrected chi connectivity index (χ3v) is 5.52. The Morgan fingerprint density at radius 2 is 2.28 bits per heavy atom. The predicted molar refractivity (Wildman–Crippen MR) is 110 cm³/mol. The minimum absolute atomic E-state index is 0.0883. The number of carbonyl (C=O) groups excluding carboxylic acids is 1. The SMILES string of the molecule is COc1nc(-c2c[nH]c3c(C#N)cccc23)cnc1N(C)C1CCN(C(C)=O)C1. The fourth-order valence-corrected chi connectivity index (χ4v) is 3.85. The first-order valence-corrected chi connectivity index (χ1v) is 9.43. The normalized spacial score (nSPS) is 16.1. The van der Waals surface area contributed by atoms with Gasteiger partial charge in [0.25, 0.3) is 5.88 Å². The fourth-order valence-electron chi connectivity index (χ4n) is 3.85. The van der Waals surface area contributed by atoms with E-state index in [0.29, 0.717) is 29.5 Å². The Morgan fingerprint density at radius 3 is 2.97 bits per heavy atom. The molecule has 0 aliphatic carbocycles. The maximum absolute atomic E-state index is 11.6. The zero-order valence-electron chi connectivity index (χ0n) is 16.6. The second kappa shape index (κ2) is 7.43. The lowest BCUT2D eigenvalue weighted by molar-refractivity contribution is -0.127. The minimum Gasteiger partial charge on any atom is -0.478 e. The van der Waals surface area contributed by atoms with Gasteiger partial charge in [0.15, 0.2) is 5.82 Å². The topological polar surface area (TPSA) is 98.1 Å². The summed E-state index contributed by atoms with van der Waals surface area (Å²) in [4.78, 5) is 28.0. The number of nitrogens with one attached hydrogen (secondary N) is 1. The van der Waals surface area contributed by atoms with Crippen LogP contribution in [0.2, 0.25) is 0 Å². The van der Waals surface area contributed by atoms with Crippen LogP contribution in [-0.2, 0) is 4.79 Å². The van der Waals surface area contributed by atoms with E-state index in [0.717, 1.165) is 29.4 Å². The van der Waals surface area contributed by atoms with Crippen molar-refractivity contribution in [3.05, 3.63) is 36.2 Å². The largest absolute Gasteiger partial charge is 0.478 e. The predicted octanol–water partition coefficient (Wildman–Crippen LogP) is 2.56. The van der Waals surface area contributed by atoms with Crippen LogP contribution in [-0.4, -0.2) is 59.0 Å². The van der Waals surface area contributed by atoms with E-state index < -0.39 is 0 Å². The number of likely N-dealkylation sites (tertiary alicyclic amines) is 1. The summed E-state index contributed by atoms with van der Waals surface area (Å²) in [5, 5.41) is 10.2. The number of carbonyl (C=O) groups is 1. The number of aromatic nitrogens is 3. The molecule has 1 unspecified atom stereocenters. The summed E-state index contributed by atoms with van der Waals surface area (Å²) in [5.74, 6) is 1.16. The van der Waals surface area contributed by atoms with Crippen molar-refractivity contribution in [1.29, 1.82) is 5.26 Å². The van der Waals surface area contributed by atoms with E-state index in [1.54, 1.807) is 26.3 Å². The van der Waals surface area contributed by atoms with Crippen LogP contribution in [0.25, 0.3) is 22.2 Å². The zero-order chi connectivity index (χ0) is 20.5. The van der Waals surface area contributed by atoms with Gasteiger partial charge in [-0.1, -0.05) is 12.1 Å². The number of rotatable bonds is 4. The second-order valence-corrected chi connectivity index (χ2v) is 7.15. The van der Waals surface area contributed by atoms with Crippen molar-refractivity contribution in [2.24, 2.45) is 0 Å². The maximum atomic E-state index is 11.6. The molecule has 0 bridgehead atoms. The van der Waals surface area contributed by atoms with Crippen molar-refractivity contribution >= 4 is 22.6 Å². The molecule has 3 aromatic rings. The zero-order valence-corrected chi connectivity index (χ0v) is 16.6. The van der Waals surface area contributed by atoms with E-state index in [2.05, 4.69) is 21.0 Å². The number of likely N-dealkylation sites (N-methyl/N-ethyl adjacent to an activating group) is 1. The lowest BCUT2D eigenvalue weighted by atomic mass is 10.1. The van der Waals surface area contributed by atoms with E-state index in [4.69, 9.17) is 4.74 Å². The first-order chi connectivity index (χ1) is 14.0. The van der Waals surface area contributed by atoms with Crippen LogP contribution in [0.1, 0.15) is 18.9 Å². The van der Waals surface area contributed by atoms with Gasteiger partial charge >= 0.3 is 0 Å². The molecule has 1 aromatic carbocycles. The van der Waals surface area contributed by atoms with E-state index in [1.165, 1.54) is 0 Å². The molecule has 8 heteroatoms. The number of hydrogen-bond donors (Lipinski definition) is 1. The van der Waals surface area contributed by atoms with Crippen molar-refractivity contribution < 1.29 is 9.53 Å². The summed E-state index contributed by atoms with van der Waals surface area (Å²) in [6.45, 7) is 3.00. The lowest BCUT2D eigenvalue weighted by Gasteiger charge is -2.26. The molecule has 8 nitrogen and oxygen atoms in total. The molecule has 1 aliphatic heterocycles. The van der Waals surface area contributed by atoms with Gasteiger partial charge in [0.2, 0.25) is 5.91 Å². The number of ether oxygens (including phenoxy) is 1. The maximum Gasteiger partial charge on any atom is 0.257 e. The average Bonchev–Trinajstić information content (AvgIpc) is 3.40. The molecule has 1 atom stereocenters. The molecule has 2 aromatic heterocycles. The first-order valence-electron chi connectivity index (χ1n) is 9.43. The highest BCUT2D eigenvalue weighted by Crippen LogP contribution is 2.33. The third kappa shape index (κ3) is 3.25. The molecule has 0 radical (unpaired) electrons. The van der Waals surface area contributed by atoms with Gasteiger partial charge < -0.3 is 19.5 Å². The molecule has 3 heterocycles. The van der Waals surface area contributed by atoms with Gasteiger partial charge in [0, 0.05) is 50.2 Å². The molecule has 0 spiro atoms. The van der Waals surface area contributed by atoms with Crippen molar-refractivity contribution in [3.63, 3.8) is 0 Å². The van der Waals surface area contributed by atoms with Crippen molar-refractivity contribution in [1.82, 2.24) is 19.9 Å². The average molecular weight is 390 g/mol. The molecule has 1 amide bonds. The number of fused-ring (bicyclic) bond motifs is 1. The van der Waals surface area contributed by atoms with Crippen LogP contribution in [0.3, 0.4) is 0 Å². The summed E-state index contributed by atoms with van der Waals surface area (Å²) >= 11 is 0. The van der Waals surface area contributed by atoms with Crippen LogP contribution >= 0.6 is 0 Å². The smallest absolute Gasteiger partial charge is 0.257 e. The van der Waals surface area contributed by atoms with E-state index in [1.807, 2.05) is 35.2 Å². The summed E-state index contributed by atoms with van der Waals surface area (Å²) in [6.07, 6.45) is 4.43. The number of nitrogens with zero attached hydrogens (tertiary/aromatic N) is 5. The lowest BCUT2D eigenvalue weighted by Crippen LogP contribution is -2.36. The molecule has 1 N–H and O–H groups in total. The number of amides is 1. The standard InChI is InChI=1S/C21H22N6O2/c1-13(28)27-8-7-15(12-27)26(2)20-21(29-3)25-18(11-24-20)17-10-23-19-14(9-22)5-4-6-16(17)19/h4-6,10-11,15,23H,7-8,12H2,1-3H3. The Hall–Kier alpha value is -3.60. The molecule has 4 rings (SSSR count). The molecule has 1 fully saturated rings. The molecule has 29 heavy (non-hydrogen) atoms. The highest BCUT2D eigenvalue weighted by molar-refractivity contribution is 5.97. The summed E-state index contributed by atoms with van der Waals surface area (Å²) in [7, 11) is 3.52. The molecule has 1 aliphatic rings. The molecule has 148 valence electrons. The Kier molecular flexibility index (Phi) is 4.80. The van der Waals surface area contributed by atoms with Crippen molar-refractivity contribution in [2.45, 2.75) is 19.4 Å². The number of H-pyrrole nitrogens is 1. The number of aromatic amines is 1. The van der Waals surface area contributed by atoms with Gasteiger partial charge in [-0.15, -0.1) is 0 Å². The Bertz CT molecular complexity index is 1120. The Morgan fingerprint density at radius 1 is 1.45 bits per heavy atom. The van der Waals surface area contributed by atoms with Crippen LogP contribution in [0.5, 0.6) is 5.88 Å². The minimum atomic E-state index is 0.0883. The second-order valence-electron chi connectivity index (χ2n) is 7.15. The number of nitriles is 1. The number of benzene rings is 1. The van der Waals surface area contributed by atoms with Crippen molar-refractivity contribution in [2.75, 3.05) is 32.1 Å². The first kappa shape index (κ1) is 18.7.